The van der Waals surface area contributed by atoms with Gasteiger partial charge < -0.3 is 19.9 Å². The fourth-order valence-electron chi connectivity index (χ4n) is 4.61. The molecule has 5 rings (SSSR count). The van der Waals surface area contributed by atoms with Gasteiger partial charge in [-0.15, -0.1) is 0 Å². The van der Waals surface area contributed by atoms with Crippen molar-refractivity contribution in [1.29, 1.82) is 0 Å². The Morgan fingerprint density at radius 1 is 1.05 bits per heavy atom. The summed E-state index contributed by atoms with van der Waals surface area (Å²) >= 11 is 3.54. The highest BCUT2D eigenvalue weighted by Crippen LogP contribution is 2.34. The van der Waals surface area contributed by atoms with E-state index in [9.17, 15) is 13.2 Å². The number of aryl methyl sites for hydroxylation is 1. The van der Waals surface area contributed by atoms with Gasteiger partial charge in [-0.25, -0.2) is 27.2 Å². The monoisotopic (exact) mass is 640 g/mol. The number of amides is 1. The highest BCUT2D eigenvalue weighted by molar-refractivity contribution is 9.10. The van der Waals surface area contributed by atoms with Crippen molar-refractivity contribution in [2.75, 3.05) is 36.4 Å². The third-order valence-electron chi connectivity index (χ3n) is 6.69. The largest absolute Gasteiger partial charge is 0.444 e. The van der Waals surface area contributed by atoms with Crippen LogP contribution in [-0.4, -0.2) is 65.1 Å². The predicted molar refractivity (Wildman–Crippen MR) is 163 cm³/mol. The van der Waals surface area contributed by atoms with E-state index in [2.05, 4.69) is 31.1 Å². The van der Waals surface area contributed by atoms with Crippen molar-refractivity contribution >= 4 is 54.6 Å². The lowest BCUT2D eigenvalue weighted by atomic mass is 10.2. The van der Waals surface area contributed by atoms with E-state index < -0.39 is 15.6 Å². The van der Waals surface area contributed by atoms with E-state index in [4.69, 9.17) is 9.72 Å². The van der Waals surface area contributed by atoms with Crippen LogP contribution in [0, 0.1) is 6.92 Å². The van der Waals surface area contributed by atoms with E-state index in [1.54, 1.807) is 35.4 Å². The average Bonchev–Trinajstić information content (AvgIpc) is 3.29. The van der Waals surface area contributed by atoms with Gasteiger partial charge in [-0.1, -0.05) is 23.8 Å². The van der Waals surface area contributed by atoms with Gasteiger partial charge in [0.05, 0.1) is 22.5 Å². The number of fused-ring (bicyclic) bond motifs is 1. The molecule has 0 bridgehead atoms. The van der Waals surface area contributed by atoms with Gasteiger partial charge in [0.1, 0.15) is 11.4 Å². The number of benzene rings is 1. The second-order valence-electron chi connectivity index (χ2n) is 10.9. The van der Waals surface area contributed by atoms with Gasteiger partial charge in [-0.2, -0.15) is 0 Å². The highest BCUT2D eigenvalue weighted by atomic mass is 79.9. The van der Waals surface area contributed by atoms with Crippen LogP contribution in [0.2, 0.25) is 0 Å². The second kappa shape index (κ2) is 11.3. The summed E-state index contributed by atoms with van der Waals surface area (Å²) in [5.41, 5.74) is 2.34. The fraction of sp³-hybridized carbons (Fsp3) is 0.345. The fourth-order valence-corrected chi connectivity index (χ4v) is 6.66. The van der Waals surface area contributed by atoms with E-state index in [-0.39, 0.29) is 11.0 Å². The molecule has 1 fully saturated rings. The third kappa shape index (κ3) is 6.33. The zero-order chi connectivity index (χ0) is 29.4. The maximum absolute atomic E-state index is 13.4. The number of hydrogen-bond donors (Lipinski definition) is 1. The molecule has 0 aliphatic carbocycles. The van der Waals surface area contributed by atoms with Crippen LogP contribution in [0.25, 0.3) is 11.0 Å². The molecule has 4 heterocycles. The number of rotatable bonds is 6. The molecule has 0 saturated carbocycles. The number of pyridine rings is 2. The number of carbonyl (C=O) groups excluding carboxylic acids is 1. The van der Waals surface area contributed by atoms with E-state index in [1.807, 2.05) is 52.0 Å². The van der Waals surface area contributed by atoms with Crippen molar-refractivity contribution in [2.45, 2.75) is 44.7 Å². The Hall–Kier alpha value is -3.64. The molecule has 4 aromatic rings. The molecule has 0 radical (unpaired) electrons. The van der Waals surface area contributed by atoms with Crippen LogP contribution in [-0.2, 0) is 21.3 Å². The lowest BCUT2D eigenvalue weighted by Crippen LogP contribution is -2.50. The molecule has 1 N–H and O–H groups in total. The first-order valence-corrected chi connectivity index (χ1v) is 15.6. The maximum atomic E-state index is 13.4. The molecule has 1 aliphatic rings. The number of aromatic nitrogens is 3. The Labute approximate surface area is 248 Å². The first-order chi connectivity index (χ1) is 19.4. The zero-order valence-corrected chi connectivity index (χ0v) is 25.9. The van der Waals surface area contributed by atoms with Gasteiger partial charge in [0, 0.05) is 48.7 Å². The maximum Gasteiger partial charge on any atom is 0.410 e. The molecular formula is C29H33BrN6O4S. The number of halogens is 1. The molecule has 0 spiro atoms. The van der Waals surface area contributed by atoms with Gasteiger partial charge >= 0.3 is 6.09 Å². The molecule has 0 unspecified atom stereocenters. The Kier molecular flexibility index (Phi) is 7.97. The Morgan fingerprint density at radius 3 is 2.44 bits per heavy atom. The summed E-state index contributed by atoms with van der Waals surface area (Å²) < 4.78 is 34.1. The number of piperazine rings is 1. The molecule has 41 heavy (non-hydrogen) atoms. The number of carbonyl (C=O) groups is 1. The van der Waals surface area contributed by atoms with Crippen LogP contribution in [0.4, 0.5) is 16.3 Å². The third-order valence-corrected chi connectivity index (χ3v) is 8.96. The van der Waals surface area contributed by atoms with Gasteiger partial charge in [-0.3, -0.25) is 0 Å². The average molecular weight is 642 g/mol. The molecule has 1 aliphatic heterocycles. The first kappa shape index (κ1) is 28.9. The Bertz CT molecular complexity index is 1670. The molecule has 1 saturated heterocycles. The number of nitrogens with zero attached hydrogens (tertiary/aromatic N) is 5. The minimum atomic E-state index is -3.84. The molecule has 0 atom stereocenters. The van der Waals surface area contributed by atoms with Gasteiger partial charge in [-0.05, 0) is 74.0 Å². The van der Waals surface area contributed by atoms with E-state index in [0.717, 1.165) is 22.8 Å². The van der Waals surface area contributed by atoms with Crippen molar-refractivity contribution in [2.24, 2.45) is 0 Å². The number of nitrogens with one attached hydrogen (secondary N) is 1. The summed E-state index contributed by atoms with van der Waals surface area (Å²) in [6, 6.07) is 14.4. The molecule has 1 aromatic carbocycles. The lowest BCUT2D eigenvalue weighted by Gasteiger charge is -2.36. The quantitative estimate of drug-likeness (QED) is 0.298. The molecule has 216 valence electrons. The van der Waals surface area contributed by atoms with Crippen molar-refractivity contribution in [3.8, 4) is 0 Å². The molecular weight excluding hydrogens is 608 g/mol. The van der Waals surface area contributed by atoms with Crippen LogP contribution in [0.5, 0.6) is 0 Å². The van der Waals surface area contributed by atoms with Gasteiger partial charge in [0.25, 0.3) is 10.0 Å². The molecule has 3 aromatic heterocycles. The van der Waals surface area contributed by atoms with Crippen LogP contribution in [0.15, 0.2) is 70.3 Å². The van der Waals surface area contributed by atoms with Crippen molar-refractivity contribution in [3.05, 3.63) is 76.7 Å². The lowest BCUT2D eigenvalue weighted by molar-refractivity contribution is 0.0240. The second-order valence-corrected chi connectivity index (χ2v) is 13.6. The molecule has 10 nitrogen and oxygen atoms in total. The van der Waals surface area contributed by atoms with Gasteiger partial charge in [0.15, 0.2) is 5.65 Å². The van der Waals surface area contributed by atoms with E-state index in [0.29, 0.717) is 48.2 Å². The van der Waals surface area contributed by atoms with Crippen molar-refractivity contribution in [3.63, 3.8) is 0 Å². The van der Waals surface area contributed by atoms with Crippen LogP contribution < -0.4 is 10.2 Å². The first-order valence-electron chi connectivity index (χ1n) is 13.3. The SMILES string of the molecule is Cc1ccc(S(=O)(=O)n2cc(Br)c3c(NCc4cccc(N5CCN(C(=O)OC(C)(C)C)CC5)n4)ccnc32)cc1. The zero-order valence-electron chi connectivity index (χ0n) is 23.5. The van der Waals surface area contributed by atoms with Gasteiger partial charge in [0.2, 0.25) is 0 Å². The number of ether oxygens (including phenoxy) is 1. The molecule has 12 heteroatoms. The number of anilines is 2. The summed E-state index contributed by atoms with van der Waals surface area (Å²) in [5.74, 6) is 0.838. The van der Waals surface area contributed by atoms with Crippen LogP contribution in [0.3, 0.4) is 0 Å². The standard InChI is InChI=1S/C29H33BrN6O4S/c1-20-8-10-22(11-9-20)41(38,39)36-19-23(30)26-24(12-13-31-27(26)36)32-18-21-6-5-7-25(33-21)34-14-16-35(17-15-34)28(37)40-29(2,3)4/h5-13,19H,14-18H2,1-4H3,(H,31,32). The van der Waals surface area contributed by atoms with E-state index in [1.165, 1.54) is 10.2 Å². The summed E-state index contributed by atoms with van der Waals surface area (Å²) in [6.07, 6.45) is 2.83. The highest BCUT2D eigenvalue weighted by Gasteiger charge is 2.27. The normalized spacial score (nSPS) is 14.4. The van der Waals surface area contributed by atoms with E-state index >= 15 is 0 Å². The summed E-state index contributed by atoms with van der Waals surface area (Å²) in [5, 5.41) is 4.07. The Morgan fingerprint density at radius 2 is 1.76 bits per heavy atom. The topological polar surface area (TPSA) is 110 Å². The summed E-state index contributed by atoms with van der Waals surface area (Å²) in [6.45, 7) is 10.4. The van der Waals surface area contributed by atoms with Crippen LogP contribution >= 0.6 is 15.9 Å². The molecule has 1 amide bonds. The predicted octanol–water partition coefficient (Wildman–Crippen LogP) is 5.41. The van der Waals surface area contributed by atoms with Crippen LogP contribution in [0.1, 0.15) is 32.0 Å². The van der Waals surface area contributed by atoms with Crippen molar-refractivity contribution in [1.82, 2.24) is 18.8 Å². The smallest absolute Gasteiger partial charge is 0.410 e. The number of hydrogen-bond acceptors (Lipinski definition) is 8. The summed E-state index contributed by atoms with van der Waals surface area (Å²) in [7, 11) is -3.84. The minimum Gasteiger partial charge on any atom is -0.444 e. The van der Waals surface area contributed by atoms with Crippen molar-refractivity contribution < 1.29 is 17.9 Å². The summed E-state index contributed by atoms with van der Waals surface area (Å²) in [4.78, 5) is 25.7. The Balaban J connectivity index is 1.30. The minimum absolute atomic E-state index is 0.195.